The molecule has 0 fully saturated rings. The Morgan fingerprint density at radius 3 is 2.07 bits per heavy atom. The molecule has 3 aromatic carbocycles. The number of hydrogen-bond acceptors (Lipinski definition) is 4. The maximum Gasteiger partial charge on any atom is 0.189 e. The Kier molecular flexibility index (Phi) is 8.04. The molecule has 3 aromatic rings. The predicted octanol–water partition coefficient (Wildman–Crippen LogP) is 5.44. The first-order chi connectivity index (χ1) is 14.7. The Bertz CT molecular complexity index is 891. The minimum absolute atomic E-state index is 0.0275. The Hall–Kier alpha value is -3.11. The zero-order chi connectivity index (χ0) is 21.2. The van der Waals surface area contributed by atoms with Gasteiger partial charge in [0.2, 0.25) is 0 Å². The van der Waals surface area contributed by atoms with Gasteiger partial charge in [0.05, 0.1) is 0 Å². The van der Waals surface area contributed by atoms with Crippen molar-refractivity contribution in [2.24, 2.45) is 0 Å². The molecule has 1 atom stereocenters. The van der Waals surface area contributed by atoms with E-state index in [9.17, 15) is 4.79 Å². The summed E-state index contributed by atoms with van der Waals surface area (Å²) in [6.07, 6.45) is 0. The van der Waals surface area contributed by atoms with Crippen LogP contribution in [0.25, 0.3) is 0 Å². The first kappa shape index (κ1) is 21.6. The smallest absolute Gasteiger partial charge is 0.189 e. The van der Waals surface area contributed by atoms with E-state index in [1.54, 1.807) is 0 Å². The highest BCUT2D eigenvalue weighted by Gasteiger charge is 2.22. The van der Waals surface area contributed by atoms with E-state index in [1.807, 2.05) is 84.9 Å². The average Bonchev–Trinajstić information content (AvgIpc) is 2.81. The van der Waals surface area contributed by atoms with Crippen molar-refractivity contribution in [3.8, 4) is 5.75 Å². The number of benzene rings is 3. The molecule has 1 N–H and O–H groups in total. The lowest BCUT2D eigenvalue weighted by molar-refractivity contribution is 0.0969. The molecule has 0 saturated heterocycles. The van der Waals surface area contributed by atoms with Crippen LogP contribution in [0.3, 0.4) is 0 Å². The van der Waals surface area contributed by atoms with Crippen LogP contribution < -0.4 is 10.1 Å². The van der Waals surface area contributed by atoms with Gasteiger partial charge < -0.3 is 15.0 Å². The number of rotatable bonds is 11. The molecule has 0 aliphatic rings. The molecule has 0 amide bonds. The van der Waals surface area contributed by atoms with Crippen LogP contribution in [0.4, 0.5) is 5.69 Å². The van der Waals surface area contributed by atoms with Crippen LogP contribution in [0.2, 0.25) is 0 Å². The maximum absolute atomic E-state index is 13.3. The van der Waals surface area contributed by atoms with Crippen molar-refractivity contribution in [3.63, 3.8) is 0 Å². The second-order valence-corrected chi connectivity index (χ2v) is 7.12. The fourth-order valence-corrected chi connectivity index (χ4v) is 3.36. The fourth-order valence-electron chi connectivity index (χ4n) is 3.36. The summed E-state index contributed by atoms with van der Waals surface area (Å²) in [6, 6.07) is 26.6. The topological polar surface area (TPSA) is 41.6 Å². The monoisotopic (exact) mass is 402 g/mol. The Labute approximate surface area is 179 Å². The number of ether oxygens (including phenoxy) is 1. The van der Waals surface area contributed by atoms with Crippen LogP contribution in [0.1, 0.15) is 35.8 Å². The van der Waals surface area contributed by atoms with E-state index >= 15 is 0 Å². The van der Waals surface area contributed by atoms with Crippen molar-refractivity contribution < 1.29 is 9.53 Å². The number of nitrogens with zero attached hydrogens (tertiary/aromatic N) is 1. The second-order valence-electron chi connectivity index (χ2n) is 7.12. The van der Waals surface area contributed by atoms with Gasteiger partial charge in [0, 0.05) is 17.8 Å². The van der Waals surface area contributed by atoms with Gasteiger partial charge in [0.1, 0.15) is 18.4 Å². The van der Waals surface area contributed by atoms with E-state index in [4.69, 9.17) is 4.74 Å². The van der Waals surface area contributed by atoms with Crippen molar-refractivity contribution in [2.45, 2.75) is 19.9 Å². The number of para-hydroxylation sites is 1. The molecule has 1 unspecified atom stereocenters. The number of Topliss-reactive ketones (excluding diaryl/α,β-unsaturated/α-hetero) is 1. The largest absolute Gasteiger partial charge is 0.492 e. The van der Waals surface area contributed by atoms with Crippen molar-refractivity contribution in [1.82, 2.24) is 4.90 Å². The number of hydrogen-bond donors (Lipinski definition) is 1. The lowest BCUT2D eigenvalue weighted by Crippen LogP contribution is -2.27. The van der Waals surface area contributed by atoms with E-state index in [0.717, 1.165) is 36.6 Å². The summed E-state index contributed by atoms with van der Waals surface area (Å²) in [6.45, 7) is 7.86. The van der Waals surface area contributed by atoms with E-state index in [2.05, 4.69) is 24.1 Å². The molecule has 156 valence electrons. The average molecular weight is 403 g/mol. The Morgan fingerprint density at radius 2 is 1.47 bits per heavy atom. The molecule has 4 nitrogen and oxygen atoms in total. The van der Waals surface area contributed by atoms with Crippen LogP contribution >= 0.6 is 0 Å². The molecule has 0 aliphatic heterocycles. The van der Waals surface area contributed by atoms with E-state index in [0.29, 0.717) is 12.2 Å². The van der Waals surface area contributed by atoms with Gasteiger partial charge in [0.25, 0.3) is 0 Å². The highest BCUT2D eigenvalue weighted by Crippen LogP contribution is 2.24. The summed E-state index contributed by atoms with van der Waals surface area (Å²) in [5.74, 6) is 0.811. The van der Waals surface area contributed by atoms with Crippen molar-refractivity contribution in [1.29, 1.82) is 0 Å². The summed E-state index contributed by atoms with van der Waals surface area (Å²) >= 11 is 0. The summed E-state index contributed by atoms with van der Waals surface area (Å²) < 4.78 is 5.85. The molecule has 0 aliphatic carbocycles. The molecule has 3 rings (SSSR count). The van der Waals surface area contributed by atoms with Crippen LogP contribution in [0.15, 0.2) is 84.9 Å². The van der Waals surface area contributed by atoms with Crippen LogP contribution in [-0.2, 0) is 0 Å². The normalized spacial score (nSPS) is 11.8. The minimum Gasteiger partial charge on any atom is -0.492 e. The fraction of sp³-hybridized carbons (Fsp3) is 0.269. The molecular formula is C26H30N2O2. The highest BCUT2D eigenvalue weighted by molar-refractivity contribution is 6.02. The molecule has 4 heteroatoms. The lowest BCUT2D eigenvalue weighted by Gasteiger charge is -2.20. The number of carbonyl (C=O) groups excluding carboxylic acids is 1. The number of nitrogens with one attached hydrogen (secondary N) is 1. The zero-order valence-electron chi connectivity index (χ0n) is 17.8. The number of likely N-dealkylation sites (N-methyl/N-ethyl adjacent to an activating group) is 1. The molecule has 0 bridgehead atoms. The summed E-state index contributed by atoms with van der Waals surface area (Å²) in [4.78, 5) is 15.6. The Balaban J connectivity index is 1.71. The van der Waals surface area contributed by atoms with Crippen LogP contribution in [0.5, 0.6) is 5.75 Å². The zero-order valence-corrected chi connectivity index (χ0v) is 17.8. The van der Waals surface area contributed by atoms with Crippen LogP contribution in [0, 0.1) is 0 Å². The van der Waals surface area contributed by atoms with E-state index < -0.39 is 6.04 Å². The number of carbonyl (C=O) groups is 1. The predicted molar refractivity (Wildman–Crippen MR) is 123 cm³/mol. The maximum atomic E-state index is 13.3. The molecule has 0 aromatic heterocycles. The molecule has 0 heterocycles. The first-order valence-electron chi connectivity index (χ1n) is 10.6. The SMILES string of the molecule is CCN(CC)CCOc1ccc(C(=O)C(Nc2ccccc2)c2ccccc2)cc1. The molecular weight excluding hydrogens is 372 g/mol. The molecule has 30 heavy (non-hydrogen) atoms. The second kappa shape index (κ2) is 11.2. The van der Waals surface area contributed by atoms with Gasteiger partial charge in [-0.05, 0) is 55.1 Å². The number of anilines is 1. The van der Waals surface area contributed by atoms with Gasteiger partial charge in [0.15, 0.2) is 5.78 Å². The van der Waals surface area contributed by atoms with Gasteiger partial charge in [-0.3, -0.25) is 4.79 Å². The van der Waals surface area contributed by atoms with Gasteiger partial charge >= 0.3 is 0 Å². The van der Waals surface area contributed by atoms with Crippen molar-refractivity contribution in [3.05, 3.63) is 96.1 Å². The summed E-state index contributed by atoms with van der Waals surface area (Å²) in [5.41, 5.74) is 2.50. The van der Waals surface area contributed by atoms with E-state index in [1.165, 1.54) is 0 Å². The first-order valence-corrected chi connectivity index (χ1v) is 10.6. The minimum atomic E-state index is -0.456. The quantitative estimate of drug-likeness (QED) is 0.434. The molecule has 0 radical (unpaired) electrons. The third-order valence-corrected chi connectivity index (χ3v) is 5.19. The highest BCUT2D eigenvalue weighted by atomic mass is 16.5. The number of ketones is 1. The van der Waals surface area contributed by atoms with Crippen molar-refractivity contribution in [2.75, 3.05) is 31.6 Å². The van der Waals surface area contributed by atoms with Gasteiger partial charge in [-0.25, -0.2) is 0 Å². The Morgan fingerprint density at radius 1 is 0.867 bits per heavy atom. The molecule has 0 spiro atoms. The van der Waals surface area contributed by atoms with Gasteiger partial charge in [-0.15, -0.1) is 0 Å². The van der Waals surface area contributed by atoms with Gasteiger partial charge in [-0.1, -0.05) is 62.4 Å². The summed E-state index contributed by atoms with van der Waals surface area (Å²) in [5, 5.41) is 3.38. The summed E-state index contributed by atoms with van der Waals surface area (Å²) in [7, 11) is 0. The van der Waals surface area contributed by atoms with Crippen molar-refractivity contribution >= 4 is 11.5 Å². The third kappa shape index (κ3) is 5.94. The lowest BCUT2D eigenvalue weighted by atomic mass is 9.97. The van der Waals surface area contributed by atoms with Gasteiger partial charge in [-0.2, -0.15) is 0 Å². The third-order valence-electron chi connectivity index (χ3n) is 5.19. The van der Waals surface area contributed by atoms with Crippen LogP contribution in [-0.4, -0.2) is 36.9 Å². The molecule has 0 saturated carbocycles. The standard InChI is InChI=1S/C26H30N2O2/c1-3-28(4-2)19-20-30-24-17-15-22(16-18-24)26(29)25(21-11-7-5-8-12-21)27-23-13-9-6-10-14-23/h5-18,25,27H,3-4,19-20H2,1-2H3. The van der Waals surface area contributed by atoms with E-state index in [-0.39, 0.29) is 5.78 Å².